The molecule has 0 aromatic carbocycles. The van der Waals surface area contributed by atoms with Gasteiger partial charge >= 0.3 is 5.69 Å². The number of pyridine rings is 1. The third-order valence-electron chi connectivity index (χ3n) is 2.58. The number of rotatable bonds is 4. The fourth-order valence-corrected chi connectivity index (χ4v) is 2.08. The molecule has 0 N–H and O–H groups in total. The molecular weight excluding hydrogens is 290 g/mol. The van der Waals surface area contributed by atoms with Crippen LogP contribution in [-0.4, -0.2) is 36.0 Å². The van der Waals surface area contributed by atoms with E-state index in [0.29, 0.717) is 10.0 Å². The third-order valence-corrected chi connectivity index (χ3v) is 3.21. The first-order chi connectivity index (χ1) is 7.90. The summed E-state index contributed by atoms with van der Waals surface area (Å²) < 4.78 is 5.54. The van der Waals surface area contributed by atoms with E-state index in [9.17, 15) is 10.1 Å². The van der Waals surface area contributed by atoms with Gasteiger partial charge in [0.1, 0.15) is 0 Å². The number of halogens is 1. The summed E-state index contributed by atoms with van der Waals surface area (Å²) in [6.07, 6.45) is 1.52. The average molecular weight is 304 g/mol. The highest BCUT2D eigenvalue weighted by atomic mass is 79.9. The van der Waals surface area contributed by atoms with Gasteiger partial charge in [-0.15, -0.1) is 0 Å². The van der Waals surface area contributed by atoms with Crippen LogP contribution in [0.5, 0.6) is 5.88 Å². The molecule has 0 amide bonds. The van der Waals surface area contributed by atoms with E-state index < -0.39 is 4.92 Å². The monoisotopic (exact) mass is 303 g/mol. The molecule has 1 heterocycles. The maximum Gasteiger partial charge on any atom is 0.336 e. The lowest BCUT2D eigenvalue weighted by atomic mass is 10.1. The highest BCUT2D eigenvalue weighted by Gasteiger charge is 2.29. The minimum atomic E-state index is -0.466. The van der Waals surface area contributed by atoms with E-state index in [0.717, 1.165) is 0 Å². The van der Waals surface area contributed by atoms with Crippen molar-refractivity contribution in [1.29, 1.82) is 0 Å². The van der Waals surface area contributed by atoms with Crippen LogP contribution in [0.15, 0.2) is 10.7 Å². The van der Waals surface area contributed by atoms with Crippen molar-refractivity contribution in [3.63, 3.8) is 0 Å². The van der Waals surface area contributed by atoms with Gasteiger partial charge in [0.05, 0.1) is 17.6 Å². The van der Waals surface area contributed by atoms with Gasteiger partial charge in [-0.05, 0) is 36.9 Å². The minimum Gasteiger partial charge on any atom is -0.476 e. The summed E-state index contributed by atoms with van der Waals surface area (Å²) in [4.78, 5) is 16.4. The Morgan fingerprint density at radius 2 is 2.18 bits per heavy atom. The summed E-state index contributed by atoms with van der Waals surface area (Å²) in [5.74, 6) is 0.0295. The third kappa shape index (κ3) is 2.73. The predicted octanol–water partition coefficient (Wildman–Crippen LogP) is 2.38. The topological polar surface area (TPSA) is 68.5 Å². The highest BCUT2D eigenvalue weighted by molar-refractivity contribution is 9.10. The van der Waals surface area contributed by atoms with E-state index in [1.54, 1.807) is 0 Å². The van der Waals surface area contributed by atoms with Crippen molar-refractivity contribution in [3.8, 4) is 5.88 Å². The molecule has 0 radical (unpaired) electrons. The molecule has 0 bridgehead atoms. The lowest BCUT2D eigenvalue weighted by Gasteiger charge is -2.21. The number of hydrogen-bond acceptors (Lipinski definition) is 5. The van der Waals surface area contributed by atoms with Crippen molar-refractivity contribution in [1.82, 2.24) is 9.88 Å². The summed E-state index contributed by atoms with van der Waals surface area (Å²) >= 11 is 3.30. The molecular formula is C10H14BrN3O3. The molecule has 94 valence electrons. The molecule has 1 atom stereocenters. The summed E-state index contributed by atoms with van der Waals surface area (Å²) in [6, 6.07) is -0.123. The molecule has 0 saturated heterocycles. The number of ether oxygens (including phenoxy) is 1. The zero-order chi connectivity index (χ0) is 13.2. The second kappa shape index (κ2) is 5.42. The maximum absolute atomic E-state index is 11.1. The van der Waals surface area contributed by atoms with Crippen LogP contribution in [-0.2, 0) is 0 Å². The summed E-state index contributed by atoms with van der Waals surface area (Å²) in [5, 5.41) is 11.1. The van der Waals surface area contributed by atoms with Gasteiger partial charge in [0, 0.05) is 16.7 Å². The molecule has 6 nitrogen and oxygen atoms in total. The van der Waals surface area contributed by atoms with Gasteiger partial charge in [0.25, 0.3) is 5.88 Å². The molecule has 0 aliphatic rings. The molecule has 1 unspecified atom stereocenters. The van der Waals surface area contributed by atoms with Gasteiger partial charge in [0.15, 0.2) is 0 Å². The first-order valence-corrected chi connectivity index (χ1v) is 5.72. The van der Waals surface area contributed by atoms with Crippen LogP contribution in [0, 0.1) is 10.1 Å². The van der Waals surface area contributed by atoms with Crippen LogP contribution in [0.1, 0.15) is 18.5 Å². The van der Waals surface area contributed by atoms with Crippen molar-refractivity contribution in [2.24, 2.45) is 0 Å². The SMILES string of the molecule is COc1ncc(Br)c(C(C)N(C)C)c1[N+](=O)[O-]. The Hall–Kier alpha value is -1.21. The number of hydrogen-bond donors (Lipinski definition) is 0. The number of methoxy groups -OCH3 is 1. The fourth-order valence-electron chi connectivity index (χ4n) is 1.46. The van der Waals surface area contributed by atoms with Crippen LogP contribution in [0.2, 0.25) is 0 Å². The van der Waals surface area contributed by atoms with Crippen molar-refractivity contribution >= 4 is 21.6 Å². The standard InChI is InChI=1S/C10H14BrN3O3/c1-6(13(2)3)8-7(11)5-12-10(17-4)9(8)14(15)16/h5-6H,1-4H3. The zero-order valence-electron chi connectivity index (χ0n) is 10.1. The van der Waals surface area contributed by atoms with Gasteiger partial charge in [0.2, 0.25) is 0 Å². The van der Waals surface area contributed by atoms with Crippen LogP contribution in [0.3, 0.4) is 0 Å². The van der Waals surface area contributed by atoms with E-state index in [-0.39, 0.29) is 17.6 Å². The van der Waals surface area contributed by atoms with Gasteiger partial charge in [-0.2, -0.15) is 0 Å². The quantitative estimate of drug-likeness (QED) is 0.631. The Morgan fingerprint density at radius 1 is 1.59 bits per heavy atom. The number of aromatic nitrogens is 1. The number of nitrogens with zero attached hydrogens (tertiary/aromatic N) is 3. The van der Waals surface area contributed by atoms with Gasteiger partial charge in [-0.1, -0.05) is 0 Å². The highest BCUT2D eigenvalue weighted by Crippen LogP contribution is 2.38. The van der Waals surface area contributed by atoms with Crippen LogP contribution in [0.25, 0.3) is 0 Å². The van der Waals surface area contributed by atoms with Crippen molar-refractivity contribution in [3.05, 3.63) is 26.3 Å². The molecule has 1 rings (SSSR count). The molecule has 7 heteroatoms. The Kier molecular flexibility index (Phi) is 4.41. The average Bonchev–Trinajstić information content (AvgIpc) is 2.27. The van der Waals surface area contributed by atoms with Gasteiger partial charge < -0.3 is 9.64 Å². The second-order valence-corrected chi connectivity index (χ2v) is 4.63. The minimum absolute atomic E-state index is 0.0295. The molecule has 0 aliphatic heterocycles. The molecule has 0 fully saturated rings. The lowest BCUT2D eigenvalue weighted by molar-refractivity contribution is -0.387. The number of nitro groups is 1. The molecule has 17 heavy (non-hydrogen) atoms. The molecule has 0 aliphatic carbocycles. The van der Waals surface area contributed by atoms with Crippen LogP contribution < -0.4 is 4.74 Å². The first-order valence-electron chi connectivity index (χ1n) is 4.93. The summed E-state index contributed by atoms with van der Waals surface area (Å²) in [6.45, 7) is 1.88. The largest absolute Gasteiger partial charge is 0.476 e. The molecule has 0 saturated carbocycles. The first kappa shape index (κ1) is 13.9. The van der Waals surface area contributed by atoms with Crippen LogP contribution in [0.4, 0.5) is 5.69 Å². The molecule has 0 spiro atoms. The van der Waals surface area contributed by atoms with E-state index in [4.69, 9.17) is 4.74 Å². The smallest absolute Gasteiger partial charge is 0.336 e. The summed E-state index contributed by atoms with van der Waals surface area (Å²) in [7, 11) is 5.08. The van der Waals surface area contributed by atoms with Crippen molar-refractivity contribution < 1.29 is 9.66 Å². The van der Waals surface area contributed by atoms with Gasteiger partial charge in [-0.3, -0.25) is 10.1 Å². The second-order valence-electron chi connectivity index (χ2n) is 3.77. The fraction of sp³-hybridized carbons (Fsp3) is 0.500. The van der Waals surface area contributed by atoms with Crippen molar-refractivity contribution in [2.75, 3.05) is 21.2 Å². The lowest BCUT2D eigenvalue weighted by Crippen LogP contribution is -2.19. The van der Waals surface area contributed by atoms with Crippen molar-refractivity contribution in [2.45, 2.75) is 13.0 Å². The predicted molar refractivity (Wildman–Crippen MR) is 67.2 cm³/mol. The Balaban J connectivity index is 3.49. The normalized spacial score (nSPS) is 12.6. The summed E-state index contributed by atoms with van der Waals surface area (Å²) in [5.41, 5.74) is 0.468. The maximum atomic E-state index is 11.1. The Labute approximate surface area is 108 Å². The molecule has 1 aromatic heterocycles. The molecule has 1 aromatic rings. The zero-order valence-corrected chi connectivity index (χ0v) is 11.7. The van der Waals surface area contributed by atoms with E-state index in [2.05, 4.69) is 20.9 Å². The van der Waals surface area contributed by atoms with E-state index in [1.165, 1.54) is 13.3 Å². The van der Waals surface area contributed by atoms with Gasteiger partial charge in [-0.25, -0.2) is 4.98 Å². The van der Waals surface area contributed by atoms with Crippen LogP contribution >= 0.6 is 15.9 Å². The Bertz CT molecular complexity index is 437. The van der Waals surface area contributed by atoms with E-state index in [1.807, 2.05) is 25.9 Å². The Morgan fingerprint density at radius 3 is 2.59 bits per heavy atom. The van der Waals surface area contributed by atoms with E-state index >= 15 is 0 Å².